The van der Waals surface area contributed by atoms with Crippen LogP contribution in [-0.4, -0.2) is 5.21 Å². The van der Waals surface area contributed by atoms with Gasteiger partial charge in [0.05, 0.1) is 6.54 Å². The zero-order valence-electron chi connectivity index (χ0n) is 5.22. The molecule has 50 valence electrons. The van der Waals surface area contributed by atoms with Crippen molar-refractivity contribution in [3.05, 3.63) is 21.9 Å². The van der Waals surface area contributed by atoms with E-state index in [4.69, 9.17) is 5.21 Å². The SMILES string of the molecule is Cc1ccc(CNO)s1. The van der Waals surface area contributed by atoms with Crippen LogP contribution in [0.4, 0.5) is 0 Å². The number of thiophene rings is 1. The smallest absolute Gasteiger partial charge is 0.0552 e. The molecule has 0 aromatic carbocycles. The largest absolute Gasteiger partial charge is 0.316 e. The predicted molar refractivity (Wildman–Crippen MR) is 37.7 cm³/mol. The lowest BCUT2D eigenvalue weighted by atomic mass is 10.4. The van der Waals surface area contributed by atoms with E-state index in [9.17, 15) is 0 Å². The Hall–Kier alpha value is -0.380. The van der Waals surface area contributed by atoms with Gasteiger partial charge in [-0.3, -0.25) is 0 Å². The van der Waals surface area contributed by atoms with Crippen LogP contribution in [0.1, 0.15) is 9.75 Å². The Bertz CT molecular complexity index is 185. The second-order valence-corrected chi connectivity index (χ2v) is 3.22. The summed E-state index contributed by atoms with van der Waals surface area (Å²) < 4.78 is 0. The summed E-state index contributed by atoms with van der Waals surface area (Å²) in [4.78, 5) is 2.44. The Morgan fingerprint density at radius 3 is 2.89 bits per heavy atom. The van der Waals surface area contributed by atoms with Gasteiger partial charge in [0, 0.05) is 9.75 Å². The van der Waals surface area contributed by atoms with E-state index >= 15 is 0 Å². The highest BCUT2D eigenvalue weighted by Crippen LogP contribution is 2.13. The predicted octanol–water partition coefficient (Wildman–Crippen LogP) is 1.54. The van der Waals surface area contributed by atoms with Gasteiger partial charge in [-0.1, -0.05) is 0 Å². The van der Waals surface area contributed by atoms with Crippen molar-refractivity contribution in [3.8, 4) is 0 Å². The molecule has 1 rings (SSSR count). The number of nitrogens with one attached hydrogen (secondary N) is 1. The highest BCUT2D eigenvalue weighted by molar-refractivity contribution is 7.11. The Morgan fingerprint density at radius 1 is 1.67 bits per heavy atom. The molecule has 0 aliphatic heterocycles. The Labute approximate surface area is 58.1 Å². The molecule has 0 spiro atoms. The van der Waals surface area contributed by atoms with Gasteiger partial charge in [-0.15, -0.1) is 11.3 Å². The third kappa shape index (κ3) is 1.78. The Kier molecular flexibility index (Phi) is 2.22. The van der Waals surface area contributed by atoms with Crippen molar-refractivity contribution in [1.29, 1.82) is 0 Å². The maximum Gasteiger partial charge on any atom is 0.0552 e. The van der Waals surface area contributed by atoms with Gasteiger partial charge in [0.2, 0.25) is 0 Å². The Balaban J connectivity index is 2.61. The number of hydrogen-bond donors (Lipinski definition) is 2. The summed E-state index contributed by atoms with van der Waals surface area (Å²) >= 11 is 1.69. The first-order valence-corrected chi connectivity index (χ1v) is 3.57. The van der Waals surface area contributed by atoms with Crippen LogP contribution in [0.5, 0.6) is 0 Å². The topological polar surface area (TPSA) is 32.3 Å². The molecule has 0 saturated heterocycles. The minimum Gasteiger partial charge on any atom is -0.316 e. The van der Waals surface area contributed by atoms with Crippen LogP contribution >= 0.6 is 11.3 Å². The molecule has 1 aromatic rings. The molecule has 0 atom stereocenters. The third-order valence-corrected chi connectivity index (χ3v) is 2.05. The molecule has 3 heteroatoms. The maximum atomic E-state index is 8.29. The second-order valence-electron chi connectivity index (χ2n) is 1.85. The molecular weight excluding hydrogens is 134 g/mol. The van der Waals surface area contributed by atoms with Crippen molar-refractivity contribution >= 4 is 11.3 Å². The standard InChI is InChI=1S/C6H9NOS/c1-5-2-3-6(9-5)4-7-8/h2-3,7-8H,4H2,1H3. The van der Waals surface area contributed by atoms with Gasteiger partial charge in [-0.2, -0.15) is 0 Å². The molecule has 0 fully saturated rings. The zero-order valence-corrected chi connectivity index (χ0v) is 6.03. The molecule has 1 heterocycles. The lowest BCUT2D eigenvalue weighted by Gasteiger charge is -1.89. The van der Waals surface area contributed by atoms with E-state index in [1.54, 1.807) is 11.3 Å². The van der Waals surface area contributed by atoms with Crippen molar-refractivity contribution in [3.63, 3.8) is 0 Å². The summed E-state index contributed by atoms with van der Waals surface area (Å²) in [5, 5.41) is 8.29. The molecule has 9 heavy (non-hydrogen) atoms. The first kappa shape index (κ1) is 6.74. The molecule has 0 aliphatic rings. The van der Waals surface area contributed by atoms with Crippen LogP contribution in [0.2, 0.25) is 0 Å². The molecule has 0 saturated carbocycles. The summed E-state index contributed by atoms with van der Waals surface area (Å²) in [6, 6.07) is 4.04. The molecule has 2 N–H and O–H groups in total. The quantitative estimate of drug-likeness (QED) is 0.615. The number of hydrogen-bond acceptors (Lipinski definition) is 3. The van der Waals surface area contributed by atoms with Gasteiger partial charge >= 0.3 is 0 Å². The van der Waals surface area contributed by atoms with Gasteiger partial charge in [0.25, 0.3) is 0 Å². The van der Waals surface area contributed by atoms with E-state index in [2.05, 4.69) is 5.48 Å². The monoisotopic (exact) mass is 143 g/mol. The highest BCUT2D eigenvalue weighted by atomic mass is 32.1. The van der Waals surface area contributed by atoms with Crippen LogP contribution in [0.25, 0.3) is 0 Å². The molecule has 0 aliphatic carbocycles. The molecule has 1 aromatic heterocycles. The first-order valence-electron chi connectivity index (χ1n) is 2.75. The number of hydroxylamine groups is 1. The van der Waals surface area contributed by atoms with Crippen LogP contribution in [0.3, 0.4) is 0 Å². The molecule has 0 radical (unpaired) electrons. The van der Waals surface area contributed by atoms with Crippen LogP contribution in [0, 0.1) is 6.92 Å². The van der Waals surface area contributed by atoms with Crippen LogP contribution in [-0.2, 0) is 6.54 Å². The normalized spacial score (nSPS) is 10.0. The van der Waals surface area contributed by atoms with E-state index in [0.717, 1.165) is 4.88 Å². The van der Waals surface area contributed by atoms with E-state index in [-0.39, 0.29) is 0 Å². The van der Waals surface area contributed by atoms with Crippen LogP contribution < -0.4 is 5.48 Å². The van der Waals surface area contributed by atoms with Gasteiger partial charge in [-0.05, 0) is 19.1 Å². The van der Waals surface area contributed by atoms with E-state index in [0.29, 0.717) is 6.54 Å². The molecule has 2 nitrogen and oxygen atoms in total. The third-order valence-electron chi connectivity index (χ3n) is 1.05. The zero-order chi connectivity index (χ0) is 6.69. The molecule has 0 unspecified atom stereocenters. The van der Waals surface area contributed by atoms with E-state index in [1.165, 1.54) is 4.88 Å². The van der Waals surface area contributed by atoms with Gasteiger partial charge in [-0.25, -0.2) is 5.48 Å². The fourth-order valence-electron chi connectivity index (χ4n) is 0.658. The lowest BCUT2D eigenvalue weighted by molar-refractivity contribution is 0.162. The average Bonchev–Trinajstić information content (AvgIpc) is 2.17. The molecular formula is C6H9NOS. The van der Waals surface area contributed by atoms with E-state index in [1.807, 2.05) is 19.1 Å². The molecule has 0 bridgehead atoms. The van der Waals surface area contributed by atoms with Crippen molar-refractivity contribution in [2.75, 3.05) is 0 Å². The molecule has 0 amide bonds. The highest BCUT2D eigenvalue weighted by Gasteiger charge is 1.92. The van der Waals surface area contributed by atoms with Gasteiger partial charge < -0.3 is 5.21 Å². The number of aryl methyl sites for hydroxylation is 1. The summed E-state index contributed by atoms with van der Waals surface area (Å²) in [6.07, 6.45) is 0. The lowest BCUT2D eigenvalue weighted by Crippen LogP contribution is -2.03. The fourth-order valence-corrected chi connectivity index (χ4v) is 1.48. The minimum atomic E-state index is 0.554. The summed E-state index contributed by atoms with van der Waals surface area (Å²) in [5.41, 5.74) is 2.11. The Morgan fingerprint density at radius 2 is 2.44 bits per heavy atom. The van der Waals surface area contributed by atoms with Crippen molar-refractivity contribution < 1.29 is 5.21 Å². The van der Waals surface area contributed by atoms with Crippen molar-refractivity contribution in [2.24, 2.45) is 0 Å². The maximum absolute atomic E-state index is 8.29. The summed E-state index contributed by atoms with van der Waals surface area (Å²) in [7, 11) is 0. The van der Waals surface area contributed by atoms with Crippen molar-refractivity contribution in [1.82, 2.24) is 5.48 Å². The average molecular weight is 143 g/mol. The summed E-state index contributed by atoms with van der Waals surface area (Å²) in [6.45, 7) is 2.60. The van der Waals surface area contributed by atoms with E-state index < -0.39 is 0 Å². The minimum absolute atomic E-state index is 0.554. The van der Waals surface area contributed by atoms with Gasteiger partial charge in [0.1, 0.15) is 0 Å². The number of rotatable bonds is 2. The summed E-state index contributed by atoms with van der Waals surface area (Å²) in [5.74, 6) is 0. The van der Waals surface area contributed by atoms with Crippen LogP contribution in [0.15, 0.2) is 12.1 Å². The van der Waals surface area contributed by atoms with Gasteiger partial charge in [0.15, 0.2) is 0 Å². The first-order chi connectivity index (χ1) is 4.33. The van der Waals surface area contributed by atoms with Crippen molar-refractivity contribution in [2.45, 2.75) is 13.5 Å². The second kappa shape index (κ2) is 2.96. The fraction of sp³-hybridized carbons (Fsp3) is 0.333.